The second-order valence-electron chi connectivity index (χ2n) is 5.14. The summed E-state index contributed by atoms with van der Waals surface area (Å²) in [6.45, 7) is 4.13. The molecule has 3 nitrogen and oxygen atoms in total. The van der Waals surface area contributed by atoms with Gasteiger partial charge < -0.3 is 5.32 Å². The van der Waals surface area contributed by atoms with Crippen LogP contribution in [-0.2, 0) is 0 Å². The molecule has 1 unspecified atom stereocenters. The third kappa shape index (κ3) is 2.84. The van der Waals surface area contributed by atoms with E-state index in [0.29, 0.717) is 6.04 Å². The summed E-state index contributed by atoms with van der Waals surface area (Å²) in [5.74, 6) is 0.762. The maximum Gasteiger partial charge on any atom is 0.127 e. The molecule has 0 radical (unpaired) electrons. The Kier molecular flexibility index (Phi) is 4.60. The molecule has 1 N–H and O–H groups in total. The quantitative estimate of drug-likeness (QED) is 0.890. The summed E-state index contributed by atoms with van der Waals surface area (Å²) < 4.78 is 4.28. The highest BCUT2D eigenvalue weighted by Gasteiger charge is 2.23. The van der Waals surface area contributed by atoms with Crippen LogP contribution in [0.15, 0.2) is 0 Å². The van der Waals surface area contributed by atoms with Crippen LogP contribution >= 0.6 is 11.5 Å². The van der Waals surface area contributed by atoms with Crippen molar-refractivity contribution in [1.29, 1.82) is 5.26 Å². The lowest BCUT2D eigenvalue weighted by molar-refractivity contribution is 0.313. The molecule has 0 bridgehead atoms. The van der Waals surface area contributed by atoms with Gasteiger partial charge >= 0.3 is 0 Å². The van der Waals surface area contributed by atoms with Crippen LogP contribution in [0.2, 0.25) is 0 Å². The highest BCUT2D eigenvalue weighted by molar-refractivity contribution is 7.10. The van der Waals surface area contributed by atoms with Gasteiger partial charge in [-0.3, -0.25) is 0 Å². The number of nitrogens with one attached hydrogen (secondary N) is 1. The SMILES string of the molecule is CCC(Nc1snc(C)c1C#N)C1CCCCC1. The average molecular weight is 263 g/mol. The lowest BCUT2D eigenvalue weighted by Crippen LogP contribution is -2.30. The van der Waals surface area contributed by atoms with Gasteiger partial charge in [-0.05, 0) is 43.6 Å². The molecule has 1 aliphatic rings. The lowest BCUT2D eigenvalue weighted by atomic mass is 9.83. The molecular formula is C14H21N3S. The van der Waals surface area contributed by atoms with Crippen molar-refractivity contribution in [3.63, 3.8) is 0 Å². The van der Waals surface area contributed by atoms with E-state index in [-0.39, 0.29) is 0 Å². The Morgan fingerprint density at radius 2 is 2.17 bits per heavy atom. The van der Waals surface area contributed by atoms with Gasteiger partial charge in [-0.15, -0.1) is 0 Å². The molecule has 1 aromatic rings. The largest absolute Gasteiger partial charge is 0.372 e. The summed E-state index contributed by atoms with van der Waals surface area (Å²) in [6, 6.07) is 2.76. The second kappa shape index (κ2) is 6.19. The van der Waals surface area contributed by atoms with Crippen molar-refractivity contribution in [3.05, 3.63) is 11.3 Å². The van der Waals surface area contributed by atoms with Gasteiger partial charge in [0.1, 0.15) is 16.6 Å². The summed E-state index contributed by atoms with van der Waals surface area (Å²) >= 11 is 1.42. The van der Waals surface area contributed by atoms with Gasteiger partial charge in [0.15, 0.2) is 0 Å². The van der Waals surface area contributed by atoms with E-state index in [1.54, 1.807) is 0 Å². The maximum absolute atomic E-state index is 9.16. The van der Waals surface area contributed by atoms with Crippen molar-refractivity contribution in [2.24, 2.45) is 5.92 Å². The summed E-state index contributed by atoms with van der Waals surface area (Å²) in [7, 11) is 0. The minimum Gasteiger partial charge on any atom is -0.372 e. The number of hydrogen-bond donors (Lipinski definition) is 1. The first-order chi connectivity index (χ1) is 8.76. The van der Waals surface area contributed by atoms with Crippen LogP contribution in [-0.4, -0.2) is 10.4 Å². The van der Waals surface area contributed by atoms with Crippen molar-refractivity contribution in [2.45, 2.75) is 58.4 Å². The predicted molar refractivity (Wildman–Crippen MR) is 75.8 cm³/mol. The average Bonchev–Trinajstić information content (AvgIpc) is 2.77. The zero-order chi connectivity index (χ0) is 13.0. The molecule has 1 aliphatic carbocycles. The van der Waals surface area contributed by atoms with E-state index in [0.717, 1.165) is 28.6 Å². The molecule has 18 heavy (non-hydrogen) atoms. The molecule has 98 valence electrons. The summed E-state index contributed by atoms with van der Waals surface area (Å²) in [5, 5.41) is 13.7. The van der Waals surface area contributed by atoms with Crippen LogP contribution in [0.1, 0.15) is 56.7 Å². The van der Waals surface area contributed by atoms with Gasteiger partial charge in [0.05, 0.1) is 5.69 Å². The molecule has 1 heterocycles. The fourth-order valence-electron chi connectivity index (χ4n) is 2.86. The maximum atomic E-state index is 9.16. The van der Waals surface area contributed by atoms with Gasteiger partial charge in [-0.1, -0.05) is 26.2 Å². The van der Waals surface area contributed by atoms with E-state index >= 15 is 0 Å². The van der Waals surface area contributed by atoms with E-state index < -0.39 is 0 Å². The van der Waals surface area contributed by atoms with Crippen LogP contribution in [0.3, 0.4) is 0 Å². The first-order valence-electron chi connectivity index (χ1n) is 6.89. The van der Waals surface area contributed by atoms with E-state index in [4.69, 9.17) is 5.26 Å². The lowest BCUT2D eigenvalue weighted by Gasteiger charge is -2.30. The van der Waals surface area contributed by atoms with Gasteiger partial charge in [0, 0.05) is 6.04 Å². The Hall–Kier alpha value is -1.08. The summed E-state index contributed by atoms with van der Waals surface area (Å²) in [5.41, 5.74) is 1.58. The topological polar surface area (TPSA) is 48.7 Å². The Morgan fingerprint density at radius 1 is 1.44 bits per heavy atom. The molecular weight excluding hydrogens is 242 g/mol. The van der Waals surface area contributed by atoms with Crippen molar-refractivity contribution in [1.82, 2.24) is 4.37 Å². The Labute approximate surface area is 113 Å². The van der Waals surface area contributed by atoms with Gasteiger partial charge in [0.2, 0.25) is 0 Å². The molecule has 0 saturated heterocycles. The molecule has 1 atom stereocenters. The molecule has 0 amide bonds. The highest BCUT2D eigenvalue weighted by Crippen LogP contribution is 2.32. The number of nitriles is 1. The minimum atomic E-state index is 0.497. The molecule has 2 rings (SSSR count). The van der Waals surface area contributed by atoms with E-state index in [2.05, 4.69) is 22.7 Å². The third-order valence-electron chi connectivity index (χ3n) is 3.95. The standard InChI is InChI=1S/C14H21N3S/c1-3-13(11-7-5-4-6-8-11)16-14-12(9-15)10(2)17-18-14/h11,13,16H,3-8H2,1-2H3. The van der Waals surface area contributed by atoms with Crippen LogP contribution in [0.25, 0.3) is 0 Å². The molecule has 1 saturated carbocycles. The predicted octanol–water partition coefficient (Wildman–Crippen LogP) is 4.09. The zero-order valence-corrected chi connectivity index (χ0v) is 12.0. The minimum absolute atomic E-state index is 0.497. The number of anilines is 1. The number of aromatic nitrogens is 1. The van der Waals surface area contributed by atoms with Gasteiger partial charge in [-0.2, -0.15) is 9.64 Å². The Bertz CT molecular complexity index is 427. The number of rotatable bonds is 4. The van der Waals surface area contributed by atoms with Crippen molar-refractivity contribution in [3.8, 4) is 6.07 Å². The van der Waals surface area contributed by atoms with Gasteiger partial charge in [0.25, 0.3) is 0 Å². The highest BCUT2D eigenvalue weighted by atomic mass is 32.1. The smallest absolute Gasteiger partial charge is 0.127 e. The zero-order valence-electron chi connectivity index (χ0n) is 11.2. The molecule has 0 aliphatic heterocycles. The van der Waals surface area contributed by atoms with Crippen molar-refractivity contribution in [2.75, 3.05) is 5.32 Å². The van der Waals surface area contributed by atoms with E-state index in [9.17, 15) is 0 Å². The molecule has 4 heteroatoms. The first kappa shape index (κ1) is 13.4. The first-order valence-corrected chi connectivity index (χ1v) is 7.66. The number of hydrogen-bond acceptors (Lipinski definition) is 4. The Morgan fingerprint density at radius 3 is 2.78 bits per heavy atom. The summed E-state index contributed by atoms with van der Waals surface area (Å²) in [6.07, 6.45) is 7.87. The van der Waals surface area contributed by atoms with Crippen molar-refractivity contribution < 1.29 is 0 Å². The van der Waals surface area contributed by atoms with Crippen LogP contribution in [0.4, 0.5) is 5.00 Å². The number of nitrogens with zero attached hydrogens (tertiary/aromatic N) is 2. The molecule has 1 aromatic heterocycles. The second-order valence-corrected chi connectivity index (χ2v) is 5.91. The summed E-state index contributed by atoms with van der Waals surface area (Å²) in [4.78, 5) is 0. The van der Waals surface area contributed by atoms with Crippen LogP contribution < -0.4 is 5.32 Å². The monoisotopic (exact) mass is 263 g/mol. The molecule has 1 fully saturated rings. The third-order valence-corrected chi connectivity index (χ3v) is 4.82. The fourth-order valence-corrected chi connectivity index (χ4v) is 3.67. The normalized spacial score (nSPS) is 18.3. The number of aryl methyl sites for hydroxylation is 1. The van der Waals surface area contributed by atoms with E-state index in [1.165, 1.54) is 43.6 Å². The van der Waals surface area contributed by atoms with Crippen LogP contribution in [0, 0.1) is 24.2 Å². The van der Waals surface area contributed by atoms with E-state index in [1.807, 2.05) is 6.92 Å². The van der Waals surface area contributed by atoms with Crippen LogP contribution in [0.5, 0.6) is 0 Å². The van der Waals surface area contributed by atoms with Crippen molar-refractivity contribution >= 4 is 16.5 Å². The molecule has 0 spiro atoms. The van der Waals surface area contributed by atoms with Gasteiger partial charge in [-0.25, -0.2) is 0 Å². The molecule has 0 aromatic carbocycles. The Balaban J connectivity index is 2.07. The fraction of sp³-hybridized carbons (Fsp3) is 0.714.